The molecule has 10 nitrogen and oxygen atoms in total. The highest BCUT2D eigenvalue weighted by Crippen LogP contribution is 2.24. The van der Waals surface area contributed by atoms with Crippen LogP contribution in [-0.4, -0.2) is 67.0 Å². The summed E-state index contributed by atoms with van der Waals surface area (Å²) in [6.45, 7) is 4.45. The molecular weight excluding hydrogens is 454 g/mol. The van der Waals surface area contributed by atoms with E-state index in [-0.39, 0.29) is 13.3 Å². The fourth-order valence-electron chi connectivity index (χ4n) is 3.81. The number of rotatable bonds is 8. The molecular formula is C20H30F2N8O2S. The molecule has 1 saturated heterocycles. The lowest BCUT2D eigenvalue weighted by Gasteiger charge is -2.33. The molecule has 3 aromatic rings. The standard InChI is InChI=1S/C19H26F2N8O2S.CH4/c1-13(2)32(30,31)28-5-3-4-14(9-28)10-29-18-15(7-24-29)6-22-19(26-18)25-16-8-23-27(11-16)12-17(20)21;/h6-8,11,13-14,17H,3-5,9-10,12H2,1-2H3,(H,22,25,26);1H4. The third-order valence-corrected chi connectivity index (χ3v) is 7.70. The van der Waals surface area contributed by atoms with Crippen LogP contribution >= 0.6 is 0 Å². The molecule has 0 saturated carbocycles. The maximum atomic E-state index is 12.6. The maximum Gasteiger partial charge on any atom is 0.257 e. The molecule has 0 aromatic carbocycles. The fraction of sp³-hybridized carbons (Fsp3) is 0.600. The van der Waals surface area contributed by atoms with Crippen molar-refractivity contribution in [2.24, 2.45) is 5.92 Å². The summed E-state index contributed by atoms with van der Waals surface area (Å²) in [5.41, 5.74) is 1.11. The Morgan fingerprint density at radius 2 is 2.00 bits per heavy atom. The molecule has 0 bridgehead atoms. The minimum absolute atomic E-state index is 0. The molecule has 0 amide bonds. The number of nitrogens with zero attached hydrogens (tertiary/aromatic N) is 7. The van der Waals surface area contributed by atoms with Crippen LogP contribution in [0, 0.1) is 5.92 Å². The van der Waals surface area contributed by atoms with Gasteiger partial charge in [0.25, 0.3) is 6.43 Å². The molecule has 1 aliphatic heterocycles. The van der Waals surface area contributed by atoms with E-state index < -0.39 is 28.2 Å². The summed E-state index contributed by atoms with van der Waals surface area (Å²) in [6.07, 6.45) is 5.42. The number of aromatic nitrogens is 6. The summed E-state index contributed by atoms with van der Waals surface area (Å²) in [7, 11) is -3.29. The van der Waals surface area contributed by atoms with Gasteiger partial charge in [-0.1, -0.05) is 7.43 Å². The molecule has 33 heavy (non-hydrogen) atoms. The van der Waals surface area contributed by atoms with Crippen LogP contribution in [0.15, 0.2) is 24.8 Å². The van der Waals surface area contributed by atoms with Gasteiger partial charge in [-0.3, -0.25) is 4.68 Å². The summed E-state index contributed by atoms with van der Waals surface area (Å²) in [4.78, 5) is 8.77. The predicted octanol–water partition coefficient (Wildman–Crippen LogP) is 3.12. The molecule has 0 radical (unpaired) electrons. The number of fused-ring (bicyclic) bond motifs is 1. The van der Waals surface area contributed by atoms with Crippen LogP contribution in [0.2, 0.25) is 0 Å². The van der Waals surface area contributed by atoms with E-state index in [0.717, 1.165) is 22.9 Å². The quantitative estimate of drug-likeness (QED) is 0.523. The fourth-order valence-corrected chi connectivity index (χ4v) is 5.21. The minimum atomic E-state index is -3.29. The SMILES string of the molecule is C.CC(C)S(=O)(=O)N1CCCC(Cn2ncc3cnc(Nc4cnn(CC(F)F)c4)nc32)C1. The molecule has 1 aliphatic rings. The zero-order chi connectivity index (χ0) is 22.9. The molecule has 1 fully saturated rings. The van der Waals surface area contributed by atoms with E-state index in [1.165, 1.54) is 12.4 Å². The third-order valence-electron chi connectivity index (χ3n) is 5.46. The Labute approximate surface area is 192 Å². The highest BCUT2D eigenvalue weighted by Gasteiger charge is 2.31. The maximum absolute atomic E-state index is 12.6. The normalized spacial score (nSPS) is 17.6. The number of nitrogens with one attached hydrogen (secondary N) is 1. The van der Waals surface area contributed by atoms with Gasteiger partial charge >= 0.3 is 0 Å². The Kier molecular flexibility index (Phi) is 7.62. The zero-order valence-electron chi connectivity index (χ0n) is 17.9. The van der Waals surface area contributed by atoms with Crippen molar-refractivity contribution in [1.82, 2.24) is 33.8 Å². The molecule has 0 spiro atoms. The number of halogens is 2. The highest BCUT2D eigenvalue weighted by molar-refractivity contribution is 7.89. The van der Waals surface area contributed by atoms with Crippen molar-refractivity contribution in [3.05, 3.63) is 24.8 Å². The van der Waals surface area contributed by atoms with Crippen molar-refractivity contribution in [3.8, 4) is 0 Å². The lowest BCUT2D eigenvalue weighted by Crippen LogP contribution is -2.44. The smallest absolute Gasteiger partial charge is 0.257 e. The van der Waals surface area contributed by atoms with E-state index in [9.17, 15) is 17.2 Å². The topological polar surface area (TPSA) is 111 Å². The molecule has 1 unspecified atom stereocenters. The van der Waals surface area contributed by atoms with Crippen LogP contribution in [0.5, 0.6) is 0 Å². The van der Waals surface area contributed by atoms with Crippen molar-refractivity contribution in [2.45, 2.75) is 58.9 Å². The predicted molar refractivity (Wildman–Crippen MR) is 122 cm³/mol. The van der Waals surface area contributed by atoms with Gasteiger partial charge in [0, 0.05) is 32.0 Å². The third kappa shape index (κ3) is 5.64. The molecule has 0 aliphatic carbocycles. The number of anilines is 2. The lowest BCUT2D eigenvalue weighted by molar-refractivity contribution is 0.122. The van der Waals surface area contributed by atoms with E-state index in [1.54, 1.807) is 35.2 Å². The van der Waals surface area contributed by atoms with Gasteiger partial charge in [0.1, 0.15) is 6.54 Å². The van der Waals surface area contributed by atoms with E-state index in [2.05, 4.69) is 25.5 Å². The van der Waals surface area contributed by atoms with Gasteiger partial charge in [-0.2, -0.15) is 15.2 Å². The summed E-state index contributed by atoms with van der Waals surface area (Å²) >= 11 is 0. The Morgan fingerprint density at radius 1 is 1.21 bits per heavy atom. The Bertz CT molecular complexity index is 1180. The van der Waals surface area contributed by atoms with E-state index in [1.807, 2.05) is 0 Å². The Morgan fingerprint density at radius 3 is 2.73 bits per heavy atom. The zero-order valence-corrected chi connectivity index (χ0v) is 18.7. The van der Waals surface area contributed by atoms with Crippen molar-refractivity contribution in [1.29, 1.82) is 0 Å². The van der Waals surface area contributed by atoms with Crippen LogP contribution in [0.3, 0.4) is 0 Å². The van der Waals surface area contributed by atoms with Crippen molar-refractivity contribution in [2.75, 3.05) is 18.4 Å². The summed E-state index contributed by atoms with van der Waals surface area (Å²) < 4.78 is 54.6. The molecule has 1 atom stereocenters. The number of hydrogen-bond donors (Lipinski definition) is 1. The second-order valence-electron chi connectivity index (χ2n) is 8.23. The van der Waals surface area contributed by atoms with Gasteiger partial charge in [0.05, 0.1) is 28.7 Å². The Balaban J connectivity index is 0.00000306. The van der Waals surface area contributed by atoms with Gasteiger partial charge in [-0.15, -0.1) is 0 Å². The average molecular weight is 485 g/mol. The molecule has 13 heteroatoms. The van der Waals surface area contributed by atoms with Crippen LogP contribution < -0.4 is 5.32 Å². The first-order chi connectivity index (χ1) is 15.2. The van der Waals surface area contributed by atoms with Crippen LogP contribution in [0.1, 0.15) is 34.1 Å². The Hall–Kier alpha value is -2.67. The van der Waals surface area contributed by atoms with Gasteiger partial charge in [-0.05, 0) is 32.6 Å². The molecule has 1 N–H and O–H groups in total. The summed E-state index contributed by atoms with van der Waals surface area (Å²) in [5.74, 6) is 0.419. The lowest BCUT2D eigenvalue weighted by atomic mass is 10.00. The van der Waals surface area contributed by atoms with E-state index >= 15 is 0 Å². The first-order valence-corrected chi connectivity index (χ1v) is 12.0. The second-order valence-corrected chi connectivity index (χ2v) is 10.7. The minimum Gasteiger partial charge on any atom is -0.321 e. The molecule has 3 aromatic heterocycles. The van der Waals surface area contributed by atoms with Crippen LogP contribution in [0.25, 0.3) is 11.0 Å². The van der Waals surface area contributed by atoms with Crippen molar-refractivity contribution in [3.63, 3.8) is 0 Å². The first kappa shape index (κ1) is 25.0. The van der Waals surface area contributed by atoms with Crippen LogP contribution in [0.4, 0.5) is 20.4 Å². The average Bonchev–Trinajstić information content (AvgIpc) is 3.34. The van der Waals surface area contributed by atoms with Gasteiger partial charge < -0.3 is 5.32 Å². The summed E-state index contributed by atoms with van der Waals surface area (Å²) in [5, 5.41) is 11.6. The molecule has 4 heterocycles. The molecule has 4 rings (SSSR count). The monoisotopic (exact) mass is 484 g/mol. The highest BCUT2D eigenvalue weighted by atomic mass is 32.2. The largest absolute Gasteiger partial charge is 0.321 e. The second kappa shape index (κ2) is 10.1. The van der Waals surface area contributed by atoms with Gasteiger partial charge in [-0.25, -0.2) is 31.2 Å². The van der Waals surface area contributed by atoms with Gasteiger partial charge in [0.2, 0.25) is 16.0 Å². The van der Waals surface area contributed by atoms with Crippen LogP contribution in [-0.2, 0) is 23.1 Å². The summed E-state index contributed by atoms with van der Waals surface area (Å²) in [6, 6.07) is 0. The van der Waals surface area contributed by atoms with E-state index in [4.69, 9.17) is 0 Å². The van der Waals surface area contributed by atoms with Gasteiger partial charge in [0.15, 0.2) is 5.65 Å². The number of piperidine rings is 1. The number of alkyl halides is 2. The van der Waals surface area contributed by atoms with Crippen molar-refractivity contribution >= 4 is 32.7 Å². The first-order valence-electron chi connectivity index (χ1n) is 10.5. The van der Waals surface area contributed by atoms with Crippen molar-refractivity contribution < 1.29 is 17.2 Å². The number of hydrogen-bond acceptors (Lipinski definition) is 7. The number of sulfonamides is 1. The van der Waals surface area contributed by atoms with E-state index in [0.29, 0.717) is 36.9 Å². The molecule has 182 valence electrons.